The number of hydrogen-bond acceptors (Lipinski definition) is 4. The molecule has 1 fully saturated rings. The van der Waals surface area contributed by atoms with Crippen LogP contribution in [0.3, 0.4) is 0 Å². The standard InChI is InChI=1S/C18H23F2N3O2/c1-18(2,3)25-17(24)22-15-10-23(7-6-13(15)20)16-8-11-4-5-12(19)9-14(11)21-16/h4-5,9,13,15H,6-8,10H2,1-3H3,(H,22,24)/t13-,15-/m1/s1. The van der Waals surface area contributed by atoms with Crippen molar-refractivity contribution in [2.24, 2.45) is 4.99 Å². The van der Waals surface area contributed by atoms with Gasteiger partial charge in [-0.1, -0.05) is 6.07 Å². The summed E-state index contributed by atoms with van der Waals surface area (Å²) < 4.78 is 32.8. The first-order valence-corrected chi connectivity index (χ1v) is 8.46. The lowest BCUT2D eigenvalue weighted by Gasteiger charge is -2.36. The van der Waals surface area contributed by atoms with E-state index < -0.39 is 23.9 Å². The Hall–Kier alpha value is -2.18. The van der Waals surface area contributed by atoms with Gasteiger partial charge in [-0.05, 0) is 44.9 Å². The average molecular weight is 351 g/mol. The smallest absolute Gasteiger partial charge is 0.408 e. The second-order valence-corrected chi connectivity index (χ2v) is 7.48. The van der Waals surface area contributed by atoms with Gasteiger partial charge < -0.3 is 15.0 Å². The molecule has 0 radical (unpaired) electrons. The number of aliphatic imine (C=N–C) groups is 1. The fourth-order valence-electron chi connectivity index (χ4n) is 3.07. The summed E-state index contributed by atoms with van der Waals surface area (Å²) in [6.07, 6.45) is -0.873. The first-order chi connectivity index (χ1) is 11.7. The van der Waals surface area contributed by atoms with Crippen molar-refractivity contribution < 1.29 is 18.3 Å². The van der Waals surface area contributed by atoms with E-state index in [0.29, 0.717) is 31.6 Å². The Bertz CT molecular complexity index is 700. The van der Waals surface area contributed by atoms with Gasteiger partial charge in [-0.25, -0.2) is 18.6 Å². The molecule has 2 aliphatic heterocycles. The van der Waals surface area contributed by atoms with Crippen molar-refractivity contribution in [3.8, 4) is 0 Å². The number of nitrogens with zero attached hydrogens (tertiary/aromatic N) is 2. The lowest BCUT2D eigenvalue weighted by Crippen LogP contribution is -2.55. The molecule has 2 atom stereocenters. The van der Waals surface area contributed by atoms with Crippen molar-refractivity contribution in [1.82, 2.24) is 10.2 Å². The number of rotatable bonds is 1. The minimum absolute atomic E-state index is 0.296. The molecule has 0 aromatic heterocycles. The molecule has 1 aromatic carbocycles. The van der Waals surface area contributed by atoms with Gasteiger partial charge in [-0.15, -0.1) is 0 Å². The highest BCUT2D eigenvalue weighted by Gasteiger charge is 2.34. The zero-order valence-electron chi connectivity index (χ0n) is 14.7. The maximum absolute atomic E-state index is 14.2. The van der Waals surface area contributed by atoms with E-state index in [9.17, 15) is 13.6 Å². The molecule has 3 rings (SSSR count). The van der Waals surface area contributed by atoms with Crippen LogP contribution in [-0.2, 0) is 11.2 Å². The van der Waals surface area contributed by atoms with Crippen LogP contribution < -0.4 is 5.32 Å². The summed E-state index contributed by atoms with van der Waals surface area (Å²) in [4.78, 5) is 18.4. The Morgan fingerprint density at radius 1 is 1.40 bits per heavy atom. The molecule has 1 aromatic rings. The van der Waals surface area contributed by atoms with Crippen LogP contribution in [0, 0.1) is 5.82 Å². The highest BCUT2D eigenvalue weighted by molar-refractivity contribution is 5.92. The molecule has 1 N–H and O–H groups in total. The maximum Gasteiger partial charge on any atom is 0.408 e. The summed E-state index contributed by atoms with van der Waals surface area (Å²) >= 11 is 0. The molecule has 0 bridgehead atoms. The van der Waals surface area contributed by atoms with E-state index >= 15 is 0 Å². The predicted octanol–water partition coefficient (Wildman–Crippen LogP) is 3.35. The quantitative estimate of drug-likeness (QED) is 0.844. The van der Waals surface area contributed by atoms with Gasteiger partial charge in [0.2, 0.25) is 0 Å². The maximum atomic E-state index is 14.2. The highest BCUT2D eigenvalue weighted by atomic mass is 19.1. The lowest BCUT2D eigenvalue weighted by molar-refractivity contribution is 0.0431. The molecule has 25 heavy (non-hydrogen) atoms. The molecular weight excluding hydrogens is 328 g/mol. The fourth-order valence-corrected chi connectivity index (χ4v) is 3.07. The van der Waals surface area contributed by atoms with Crippen molar-refractivity contribution in [2.75, 3.05) is 13.1 Å². The van der Waals surface area contributed by atoms with Crippen LogP contribution in [0.25, 0.3) is 0 Å². The molecule has 0 unspecified atom stereocenters. The number of ether oxygens (including phenoxy) is 1. The van der Waals surface area contributed by atoms with Crippen LogP contribution in [0.15, 0.2) is 23.2 Å². The zero-order valence-corrected chi connectivity index (χ0v) is 14.7. The summed E-state index contributed by atoms with van der Waals surface area (Å²) in [7, 11) is 0. The SMILES string of the molecule is CC(C)(C)OC(=O)N[C@@H]1CN(C2=Nc3cc(F)ccc3C2)CC[C@H]1F. The van der Waals surface area contributed by atoms with Crippen LogP contribution in [0.1, 0.15) is 32.8 Å². The third-order valence-electron chi connectivity index (χ3n) is 4.24. The molecule has 1 amide bonds. The van der Waals surface area contributed by atoms with E-state index in [1.54, 1.807) is 26.8 Å². The number of alkyl carbamates (subject to hydrolysis) is 1. The monoisotopic (exact) mass is 351 g/mol. The number of amidine groups is 1. The molecular formula is C18H23F2N3O2. The first-order valence-electron chi connectivity index (χ1n) is 8.46. The molecule has 136 valence electrons. The fraction of sp³-hybridized carbons (Fsp3) is 0.556. The summed E-state index contributed by atoms with van der Waals surface area (Å²) in [5, 5.41) is 2.62. The summed E-state index contributed by atoms with van der Waals surface area (Å²) in [5.41, 5.74) is 0.940. The number of carbonyl (C=O) groups excluding carboxylic acids is 1. The zero-order chi connectivity index (χ0) is 18.2. The third kappa shape index (κ3) is 4.27. The average Bonchev–Trinajstić information content (AvgIpc) is 2.90. The number of fused-ring (bicyclic) bond motifs is 1. The van der Waals surface area contributed by atoms with Crippen LogP contribution in [0.5, 0.6) is 0 Å². The van der Waals surface area contributed by atoms with Gasteiger partial charge in [0.25, 0.3) is 0 Å². The van der Waals surface area contributed by atoms with Gasteiger partial charge >= 0.3 is 6.09 Å². The summed E-state index contributed by atoms with van der Waals surface area (Å²) in [6.45, 7) is 6.11. The minimum atomic E-state index is -1.13. The second-order valence-electron chi connectivity index (χ2n) is 7.48. The van der Waals surface area contributed by atoms with Crippen molar-refractivity contribution in [2.45, 2.75) is 51.4 Å². The number of likely N-dealkylation sites (tertiary alicyclic amines) is 1. The highest BCUT2D eigenvalue weighted by Crippen LogP contribution is 2.29. The number of alkyl halides is 1. The van der Waals surface area contributed by atoms with Gasteiger partial charge in [-0.2, -0.15) is 0 Å². The van der Waals surface area contributed by atoms with Gasteiger partial charge in [-0.3, -0.25) is 0 Å². The minimum Gasteiger partial charge on any atom is -0.444 e. The van der Waals surface area contributed by atoms with Crippen LogP contribution >= 0.6 is 0 Å². The number of amides is 1. The first kappa shape index (κ1) is 17.6. The number of benzene rings is 1. The van der Waals surface area contributed by atoms with Gasteiger partial charge in [0, 0.05) is 19.5 Å². The van der Waals surface area contributed by atoms with E-state index in [2.05, 4.69) is 10.3 Å². The molecule has 7 heteroatoms. The van der Waals surface area contributed by atoms with Crippen LogP contribution in [0.2, 0.25) is 0 Å². The Kier molecular flexibility index (Phi) is 4.67. The third-order valence-corrected chi connectivity index (χ3v) is 4.24. The van der Waals surface area contributed by atoms with E-state index in [0.717, 1.165) is 11.4 Å². The Balaban J connectivity index is 1.65. The molecule has 0 saturated carbocycles. The molecule has 0 aliphatic carbocycles. The second kappa shape index (κ2) is 6.61. The van der Waals surface area contributed by atoms with E-state index in [-0.39, 0.29) is 5.82 Å². The van der Waals surface area contributed by atoms with Gasteiger partial charge in [0.15, 0.2) is 0 Å². The molecule has 5 nitrogen and oxygen atoms in total. The molecule has 2 heterocycles. The molecule has 2 aliphatic rings. The van der Waals surface area contributed by atoms with Crippen LogP contribution in [0.4, 0.5) is 19.3 Å². The Labute approximate surface area is 146 Å². The number of carbonyl (C=O) groups is 1. The van der Waals surface area contributed by atoms with Crippen molar-refractivity contribution in [3.05, 3.63) is 29.6 Å². The summed E-state index contributed by atoms with van der Waals surface area (Å²) in [6, 6.07) is 3.88. The van der Waals surface area contributed by atoms with E-state index in [1.165, 1.54) is 12.1 Å². The van der Waals surface area contributed by atoms with E-state index in [1.807, 2.05) is 4.90 Å². The number of halogens is 2. The number of nitrogens with one attached hydrogen (secondary N) is 1. The number of hydrogen-bond donors (Lipinski definition) is 1. The van der Waals surface area contributed by atoms with Crippen molar-refractivity contribution >= 4 is 17.6 Å². The molecule has 0 spiro atoms. The summed E-state index contributed by atoms with van der Waals surface area (Å²) in [5.74, 6) is 0.458. The normalized spacial score (nSPS) is 23.1. The van der Waals surface area contributed by atoms with Gasteiger partial charge in [0.05, 0.1) is 11.7 Å². The topological polar surface area (TPSA) is 53.9 Å². The van der Waals surface area contributed by atoms with Crippen molar-refractivity contribution in [1.29, 1.82) is 0 Å². The van der Waals surface area contributed by atoms with Crippen molar-refractivity contribution in [3.63, 3.8) is 0 Å². The predicted molar refractivity (Wildman–Crippen MR) is 91.4 cm³/mol. The largest absolute Gasteiger partial charge is 0.444 e. The van der Waals surface area contributed by atoms with E-state index in [4.69, 9.17) is 4.74 Å². The van der Waals surface area contributed by atoms with Gasteiger partial charge in [0.1, 0.15) is 23.4 Å². The molecule has 1 saturated heterocycles. The lowest BCUT2D eigenvalue weighted by atomic mass is 10.0. The van der Waals surface area contributed by atoms with Crippen LogP contribution in [-0.4, -0.2) is 47.7 Å². The number of piperidine rings is 1. The Morgan fingerprint density at radius 3 is 2.88 bits per heavy atom. The Morgan fingerprint density at radius 2 is 2.16 bits per heavy atom.